The molecular formula is C11H16N2O4S2. The summed E-state index contributed by atoms with van der Waals surface area (Å²) < 4.78 is 31.7. The SMILES string of the molecule is Cc1nc(C)c(S(=O)(=O)NC(=O)[C@H]2CC[C@H](C)O2)s1. The van der Waals surface area contributed by atoms with Crippen molar-refractivity contribution in [2.45, 2.75) is 50.0 Å². The van der Waals surface area contributed by atoms with Gasteiger partial charge in [0.15, 0.2) is 4.21 Å². The number of carbonyl (C=O) groups excluding carboxylic acids is 1. The maximum absolute atomic E-state index is 12.1. The molecule has 8 heteroatoms. The number of amides is 1. The summed E-state index contributed by atoms with van der Waals surface area (Å²) in [5, 5.41) is 0.649. The summed E-state index contributed by atoms with van der Waals surface area (Å²) in [6.07, 6.45) is 0.616. The summed E-state index contributed by atoms with van der Waals surface area (Å²) in [6.45, 7) is 5.19. The molecule has 2 atom stereocenters. The van der Waals surface area contributed by atoms with Gasteiger partial charge in [0.1, 0.15) is 6.10 Å². The van der Waals surface area contributed by atoms with E-state index >= 15 is 0 Å². The van der Waals surface area contributed by atoms with Crippen LogP contribution in [0.2, 0.25) is 0 Å². The predicted octanol–water partition coefficient (Wildman–Crippen LogP) is 1.13. The minimum atomic E-state index is -3.85. The standard InChI is InChI=1S/C11H16N2O4S2/c1-6-4-5-9(17-6)10(14)13-19(15,16)11-7(2)12-8(3)18-11/h6,9H,4-5H2,1-3H3,(H,13,14)/t6-,9+/m0/s1. The molecule has 0 aromatic carbocycles. The van der Waals surface area contributed by atoms with Crippen LogP contribution in [-0.2, 0) is 19.6 Å². The third-order valence-corrected chi connectivity index (χ3v) is 5.89. The fraction of sp³-hybridized carbons (Fsp3) is 0.636. The molecule has 0 bridgehead atoms. The summed E-state index contributed by atoms with van der Waals surface area (Å²) in [6, 6.07) is 0. The van der Waals surface area contributed by atoms with Crippen LogP contribution in [0.1, 0.15) is 30.5 Å². The zero-order valence-corrected chi connectivity index (χ0v) is 12.6. The van der Waals surface area contributed by atoms with E-state index in [-0.39, 0.29) is 10.3 Å². The molecule has 1 aliphatic rings. The van der Waals surface area contributed by atoms with Gasteiger partial charge in [-0.25, -0.2) is 18.1 Å². The molecular weight excluding hydrogens is 288 g/mol. The molecule has 2 heterocycles. The van der Waals surface area contributed by atoms with Gasteiger partial charge in [-0.1, -0.05) is 0 Å². The molecule has 19 heavy (non-hydrogen) atoms. The van der Waals surface area contributed by atoms with Gasteiger partial charge in [0.05, 0.1) is 16.8 Å². The van der Waals surface area contributed by atoms with E-state index in [9.17, 15) is 13.2 Å². The zero-order chi connectivity index (χ0) is 14.2. The predicted molar refractivity (Wildman–Crippen MR) is 70.5 cm³/mol. The van der Waals surface area contributed by atoms with Crippen molar-refractivity contribution < 1.29 is 17.9 Å². The minimum Gasteiger partial charge on any atom is -0.365 e. The topological polar surface area (TPSA) is 85.4 Å². The van der Waals surface area contributed by atoms with Gasteiger partial charge < -0.3 is 4.74 Å². The van der Waals surface area contributed by atoms with Crippen LogP contribution < -0.4 is 4.72 Å². The highest BCUT2D eigenvalue weighted by molar-refractivity contribution is 7.92. The van der Waals surface area contributed by atoms with Gasteiger partial charge in [0.25, 0.3) is 15.9 Å². The first kappa shape index (κ1) is 14.4. The number of sulfonamides is 1. The van der Waals surface area contributed by atoms with E-state index in [0.717, 1.165) is 17.8 Å². The van der Waals surface area contributed by atoms with Crippen LogP contribution in [-0.4, -0.2) is 31.5 Å². The number of ether oxygens (including phenoxy) is 1. The van der Waals surface area contributed by atoms with Crippen molar-refractivity contribution in [1.29, 1.82) is 0 Å². The zero-order valence-electron chi connectivity index (χ0n) is 11.0. The van der Waals surface area contributed by atoms with Crippen LogP contribution in [0.15, 0.2) is 4.21 Å². The summed E-state index contributed by atoms with van der Waals surface area (Å²) in [4.78, 5) is 15.9. The first-order valence-corrected chi connectivity index (χ1v) is 8.25. The van der Waals surface area contributed by atoms with Crippen LogP contribution >= 0.6 is 11.3 Å². The van der Waals surface area contributed by atoms with Gasteiger partial charge in [-0.3, -0.25) is 4.79 Å². The number of thiazole rings is 1. The van der Waals surface area contributed by atoms with Gasteiger partial charge in [-0.2, -0.15) is 0 Å². The van der Waals surface area contributed by atoms with E-state index < -0.39 is 22.0 Å². The molecule has 106 valence electrons. The van der Waals surface area contributed by atoms with Gasteiger partial charge in [0.2, 0.25) is 0 Å². The second kappa shape index (κ2) is 5.18. The molecule has 6 nitrogen and oxygen atoms in total. The Labute approximate surface area is 116 Å². The molecule has 1 aromatic rings. The second-order valence-corrected chi connectivity index (χ2v) is 7.67. The number of hydrogen-bond acceptors (Lipinski definition) is 6. The van der Waals surface area contributed by atoms with E-state index in [1.807, 2.05) is 6.92 Å². The Morgan fingerprint density at radius 1 is 1.42 bits per heavy atom. The van der Waals surface area contributed by atoms with Crippen molar-refractivity contribution in [3.63, 3.8) is 0 Å². The third-order valence-electron chi connectivity index (χ3n) is 2.86. The molecule has 0 saturated carbocycles. The highest BCUT2D eigenvalue weighted by Crippen LogP contribution is 2.24. The monoisotopic (exact) mass is 304 g/mol. The van der Waals surface area contributed by atoms with Crippen molar-refractivity contribution in [2.75, 3.05) is 0 Å². The highest BCUT2D eigenvalue weighted by atomic mass is 32.2. The summed E-state index contributed by atoms with van der Waals surface area (Å²) >= 11 is 1.05. The van der Waals surface area contributed by atoms with Gasteiger partial charge in [-0.15, -0.1) is 11.3 Å². The second-order valence-electron chi connectivity index (χ2n) is 4.59. The number of aromatic nitrogens is 1. The van der Waals surface area contributed by atoms with Crippen molar-refractivity contribution in [3.8, 4) is 0 Å². The molecule has 2 rings (SSSR count). The molecule has 1 N–H and O–H groups in total. The maximum atomic E-state index is 12.1. The fourth-order valence-corrected chi connectivity index (χ4v) is 4.50. The number of nitrogens with one attached hydrogen (secondary N) is 1. The maximum Gasteiger partial charge on any atom is 0.275 e. The number of carbonyl (C=O) groups is 1. The Morgan fingerprint density at radius 2 is 2.11 bits per heavy atom. The van der Waals surface area contributed by atoms with E-state index in [4.69, 9.17) is 4.74 Å². The summed E-state index contributed by atoms with van der Waals surface area (Å²) in [7, 11) is -3.85. The summed E-state index contributed by atoms with van der Waals surface area (Å²) in [5.74, 6) is -0.602. The van der Waals surface area contributed by atoms with Crippen LogP contribution in [0, 0.1) is 13.8 Å². The van der Waals surface area contributed by atoms with Gasteiger partial charge in [0, 0.05) is 0 Å². The smallest absolute Gasteiger partial charge is 0.275 e. The number of hydrogen-bond donors (Lipinski definition) is 1. The molecule has 1 fully saturated rings. The van der Waals surface area contributed by atoms with Crippen molar-refractivity contribution >= 4 is 27.3 Å². The lowest BCUT2D eigenvalue weighted by atomic mass is 10.2. The largest absolute Gasteiger partial charge is 0.365 e. The van der Waals surface area contributed by atoms with E-state index in [0.29, 0.717) is 17.1 Å². The van der Waals surface area contributed by atoms with E-state index in [1.165, 1.54) is 0 Å². The molecule has 1 amide bonds. The van der Waals surface area contributed by atoms with E-state index in [1.54, 1.807) is 13.8 Å². The Bertz CT molecular complexity index is 594. The quantitative estimate of drug-likeness (QED) is 0.905. The molecule has 0 radical (unpaired) electrons. The highest BCUT2D eigenvalue weighted by Gasteiger charge is 2.32. The molecule has 0 unspecified atom stereocenters. The Morgan fingerprint density at radius 3 is 2.58 bits per heavy atom. The lowest BCUT2D eigenvalue weighted by Crippen LogP contribution is -2.38. The van der Waals surface area contributed by atoms with E-state index in [2.05, 4.69) is 9.71 Å². The molecule has 1 saturated heterocycles. The lowest BCUT2D eigenvalue weighted by Gasteiger charge is -2.11. The first-order valence-electron chi connectivity index (χ1n) is 5.96. The minimum absolute atomic E-state index is 0.00848. The van der Waals surface area contributed by atoms with Crippen LogP contribution in [0.4, 0.5) is 0 Å². The summed E-state index contributed by atoms with van der Waals surface area (Å²) in [5.41, 5.74) is 0.406. The van der Waals surface area contributed by atoms with Crippen LogP contribution in [0.5, 0.6) is 0 Å². The Balaban J connectivity index is 2.13. The van der Waals surface area contributed by atoms with Crippen molar-refractivity contribution in [3.05, 3.63) is 10.7 Å². The Kier molecular flexibility index (Phi) is 3.93. The molecule has 0 spiro atoms. The fourth-order valence-electron chi connectivity index (χ4n) is 2.00. The van der Waals surface area contributed by atoms with Crippen molar-refractivity contribution in [2.24, 2.45) is 0 Å². The van der Waals surface area contributed by atoms with Crippen LogP contribution in [0.25, 0.3) is 0 Å². The molecule has 0 aliphatic carbocycles. The first-order chi connectivity index (χ1) is 8.79. The molecule has 1 aromatic heterocycles. The average Bonchev–Trinajstić information content (AvgIpc) is 2.84. The normalized spacial score (nSPS) is 23.5. The number of aryl methyl sites for hydroxylation is 2. The van der Waals surface area contributed by atoms with Gasteiger partial charge in [-0.05, 0) is 33.6 Å². The molecule has 1 aliphatic heterocycles. The third kappa shape index (κ3) is 3.13. The van der Waals surface area contributed by atoms with Crippen LogP contribution in [0.3, 0.4) is 0 Å². The number of nitrogens with zero attached hydrogens (tertiary/aromatic N) is 1. The Hall–Kier alpha value is -0.990. The van der Waals surface area contributed by atoms with Crippen molar-refractivity contribution in [1.82, 2.24) is 9.71 Å². The average molecular weight is 304 g/mol. The lowest BCUT2D eigenvalue weighted by molar-refractivity contribution is -0.129. The number of rotatable bonds is 3. The van der Waals surface area contributed by atoms with Gasteiger partial charge >= 0.3 is 0 Å².